The molecule has 0 spiro atoms. The minimum absolute atomic E-state index is 0.666. The number of hydrogen-bond donors (Lipinski definition) is 0. The number of aryl methyl sites for hydroxylation is 2. The van der Waals surface area contributed by atoms with E-state index in [1.54, 1.807) is 0 Å². The number of benzene rings is 1. The molecule has 1 aromatic carbocycles. The largest absolute Gasteiger partial charge is 0.486 e. The van der Waals surface area contributed by atoms with Crippen molar-refractivity contribution < 1.29 is 9.47 Å². The van der Waals surface area contributed by atoms with Crippen molar-refractivity contribution in [3.05, 3.63) is 23.3 Å². The van der Waals surface area contributed by atoms with Crippen LogP contribution in [0.4, 0.5) is 0 Å². The van der Waals surface area contributed by atoms with Crippen molar-refractivity contribution in [3.63, 3.8) is 0 Å². The molecular formula is C12H16O2. The van der Waals surface area contributed by atoms with Crippen LogP contribution < -0.4 is 9.47 Å². The van der Waals surface area contributed by atoms with Crippen molar-refractivity contribution >= 4 is 0 Å². The van der Waals surface area contributed by atoms with Crippen LogP contribution in [0.1, 0.15) is 24.5 Å². The van der Waals surface area contributed by atoms with Gasteiger partial charge in [0, 0.05) is 0 Å². The molecule has 0 saturated heterocycles. The number of hydrogen-bond acceptors (Lipinski definition) is 2. The molecule has 0 atom stereocenters. The molecule has 2 heteroatoms. The molecule has 1 aromatic rings. The van der Waals surface area contributed by atoms with Crippen LogP contribution in [0.2, 0.25) is 0 Å². The Bertz CT molecular complexity index is 331. The second-order valence-electron chi connectivity index (χ2n) is 3.67. The van der Waals surface area contributed by atoms with E-state index in [1.165, 1.54) is 17.5 Å². The van der Waals surface area contributed by atoms with Gasteiger partial charge < -0.3 is 9.47 Å². The lowest BCUT2D eigenvalue weighted by Crippen LogP contribution is -2.15. The van der Waals surface area contributed by atoms with Crippen LogP contribution in [0.5, 0.6) is 11.5 Å². The SMILES string of the molecule is CCCc1cc2c(cc1C)OCCO2. The number of ether oxygens (including phenoxy) is 2. The normalized spacial score (nSPS) is 14.1. The van der Waals surface area contributed by atoms with Gasteiger partial charge in [-0.05, 0) is 36.6 Å². The van der Waals surface area contributed by atoms with Crippen molar-refractivity contribution in [1.29, 1.82) is 0 Å². The summed E-state index contributed by atoms with van der Waals surface area (Å²) in [6, 6.07) is 4.20. The molecule has 0 unspecified atom stereocenters. The first kappa shape index (κ1) is 9.38. The van der Waals surface area contributed by atoms with E-state index in [9.17, 15) is 0 Å². The molecule has 0 saturated carbocycles. The Balaban J connectivity index is 2.35. The molecule has 0 amide bonds. The summed E-state index contributed by atoms with van der Waals surface area (Å²) in [4.78, 5) is 0. The van der Waals surface area contributed by atoms with Crippen LogP contribution in [0.3, 0.4) is 0 Å². The van der Waals surface area contributed by atoms with Gasteiger partial charge in [0.2, 0.25) is 0 Å². The first-order chi connectivity index (χ1) is 6.81. The van der Waals surface area contributed by atoms with Gasteiger partial charge in [-0.25, -0.2) is 0 Å². The quantitative estimate of drug-likeness (QED) is 0.717. The standard InChI is InChI=1S/C12H16O2/c1-3-4-10-8-12-11(7-9(10)2)13-5-6-14-12/h7-8H,3-6H2,1-2H3. The summed E-state index contributed by atoms with van der Waals surface area (Å²) in [5.41, 5.74) is 2.67. The molecule has 1 aliphatic heterocycles. The summed E-state index contributed by atoms with van der Waals surface area (Å²) in [6.07, 6.45) is 2.28. The van der Waals surface area contributed by atoms with E-state index in [-0.39, 0.29) is 0 Å². The van der Waals surface area contributed by atoms with Crippen LogP contribution in [-0.4, -0.2) is 13.2 Å². The van der Waals surface area contributed by atoms with E-state index >= 15 is 0 Å². The van der Waals surface area contributed by atoms with Crippen molar-refractivity contribution in [2.24, 2.45) is 0 Å². The molecule has 76 valence electrons. The van der Waals surface area contributed by atoms with E-state index in [2.05, 4.69) is 26.0 Å². The minimum Gasteiger partial charge on any atom is -0.486 e. The third-order valence-electron chi connectivity index (χ3n) is 2.52. The Hall–Kier alpha value is -1.18. The highest BCUT2D eigenvalue weighted by molar-refractivity contribution is 5.47. The van der Waals surface area contributed by atoms with E-state index in [0.29, 0.717) is 13.2 Å². The second-order valence-corrected chi connectivity index (χ2v) is 3.67. The zero-order valence-corrected chi connectivity index (χ0v) is 8.80. The maximum Gasteiger partial charge on any atom is 0.161 e. The van der Waals surface area contributed by atoms with E-state index in [4.69, 9.17) is 9.47 Å². The molecule has 2 nitrogen and oxygen atoms in total. The van der Waals surface area contributed by atoms with Crippen LogP contribution in [-0.2, 0) is 6.42 Å². The Morgan fingerprint density at radius 3 is 2.43 bits per heavy atom. The number of fused-ring (bicyclic) bond motifs is 1. The summed E-state index contributed by atoms with van der Waals surface area (Å²) in [5, 5.41) is 0. The monoisotopic (exact) mass is 192 g/mol. The molecule has 0 fully saturated rings. The third-order valence-corrected chi connectivity index (χ3v) is 2.52. The van der Waals surface area contributed by atoms with Gasteiger partial charge in [-0.1, -0.05) is 13.3 Å². The maximum atomic E-state index is 5.54. The molecule has 1 heterocycles. The lowest BCUT2D eigenvalue weighted by atomic mass is 10.0. The predicted octanol–water partition coefficient (Wildman–Crippen LogP) is 2.72. The highest BCUT2D eigenvalue weighted by atomic mass is 16.6. The summed E-state index contributed by atoms with van der Waals surface area (Å²) >= 11 is 0. The molecule has 0 radical (unpaired) electrons. The highest BCUT2D eigenvalue weighted by Gasteiger charge is 2.13. The lowest BCUT2D eigenvalue weighted by Gasteiger charge is -2.20. The Morgan fingerprint density at radius 1 is 1.14 bits per heavy atom. The molecule has 0 aliphatic carbocycles. The van der Waals surface area contributed by atoms with Gasteiger partial charge in [0.15, 0.2) is 11.5 Å². The molecular weight excluding hydrogens is 176 g/mol. The third kappa shape index (κ3) is 1.69. The maximum absolute atomic E-state index is 5.54. The smallest absolute Gasteiger partial charge is 0.161 e. The lowest BCUT2D eigenvalue weighted by molar-refractivity contribution is 0.171. The van der Waals surface area contributed by atoms with Gasteiger partial charge >= 0.3 is 0 Å². The van der Waals surface area contributed by atoms with E-state index in [1.807, 2.05) is 0 Å². The van der Waals surface area contributed by atoms with Gasteiger partial charge in [0.1, 0.15) is 13.2 Å². The minimum atomic E-state index is 0.666. The summed E-state index contributed by atoms with van der Waals surface area (Å²) in [5.74, 6) is 1.80. The molecule has 1 aliphatic rings. The molecule has 14 heavy (non-hydrogen) atoms. The topological polar surface area (TPSA) is 18.5 Å². The first-order valence-corrected chi connectivity index (χ1v) is 5.20. The Labute approximate surface area is 84.8 Å². The Morgan fingerprint density at radius 2 is 1.79 bits per heavy atom. The van der Waals surface area contributed by atoms with Crippen LogP contribution in [0, 0.1) is 6.92 Å². The van der Waals surface area contributed by atoms with Crippen molar-refractivity contribution in [2.75, 3.05) is 13.2 Å². The molecule has 2 rings (SSSR count). The van der Waals surface area contributed by atoms with Crippen molar-refractivity contribution in [1.82, 2.24) is 0 Å². The van der Waals surface area contributed by atoms with E-state index < -0.39 is 0 Å². The fourth-order valence-electron chi connectivity index (χ4n) is 1.77. The second kappa shape index (κ2) is 3.91. The summed E-state index contributed by atoms with van der Waals surface area (Å²) in [7, 11) is 0. The zero-order valence-electron chi connectivity index (χ0n) is 8.80. The summed E-state index contributed by atoms with van der Waals surface area (Å²) in [6.45, 7) is 5.65. The van der Waals surface area contributed by atoms with Gasteiger partial charge in [-0.3, -0.25) is 0 Å². The van der Waals surface area contributed by atoms with Gasteiger partial charge in [0.25, 0.3) is 0 Å². The Kier molecular flexibility index (Phi) is 2.62. The number of rotatable bonds is 2. The van der Waals surface area contributed by atoms with Gasteiger partial charge in [-0.2, -0.15) is 0 Å². The molecule has 0 aromatic heterocycles. The van der Waals surface area contributed by atoms with Gasteiger partial charge in [-0.15, -0.1) is 0 Å². The molecule has 0 N–H and O–H groups in total. The van der Waals surface area contributed by atoms with Crippen LogP contribution >= 0.6 is 0 Å². The van der Waals surface area contributed by atoms with Gasteiger partial charge in [0.05, 0.1) is 0 Å². The van der Waals surface area contributed by atoms with Crippen LogP contribution in [0.15, 0.2) is 12.1 Å². The first-order valence-electron chi connectivity index (χ1n) is 5.20. The molecule has 0 bridgehead atoms. The fourth-order valence-corrected chi connectivity index (χ4v) is 1.77. The van der Waals surface area contributed by atoms with Crippen molar-refractivity contribution in [3.8, 4) is 11.5 Å². The highest BCUT2D eigenvalue weighted by Crippen LogP contribution is 2.33. The zero-order chi connectivity index (χ0) is 9.97. The van der Waals surface area contributed by atoms with Crippen molar-refractivity contribution in [2.45, 2.75) is 26.7 Å². The van der Waals surface area contributed by atoms with E-state index in [0.717, 1.165) is 17.9 Å². The predicted molar refractivity (Wildman–Crippen MR) is 56.2 cm³/mol. The average molecular weight is 192 g/mol. The average Bonchev–Trinajstić information content (AvgIpc) is 2.19. The summed E-state index contributed by atoms with van der Waals surface area (Å²) < 4.78 is 11.1. The fraction of sp³-hybridized carbons (Fsp3) is 0.500. The van der Waals surface area contributed by atoms with Crippen LogP contribution in [0.25, 0.3) is 0 Å².